The highest BCUT2D eigenvalue weighted by Crippen LogP contribution is 2.36. The minimum atomic E-state index is -3.58. The maximum Gasteiger partial charge on any atom is 0.178 e. The van der Waals surface area contributed by atoms with Crippen molar-refractivity contribution in [1.29, 1.82) is 0 Å². The van der Waals surface area contributed by atoms with Gasteiger partial charge in [-0.15, -0.1) is 0 Å². The minimum absolute atomic E-state index is 0.137. The molecule has 9 heteroatoms. The lowest BCUT2D eigenvalue weighted by Gasteiger charge is -2.25. The lowest BCUT2D eigenvalue weighted by atomic mass is 9.94. The molecule has 0 bridgehead atoms. The second kappa shape index (κ2) is 10.6. The van der Waals surface area contributed by atoms with E-state index in [1.165, 1.54) is 21.3 Å². The number of rotatable bonds is 11. The Labute approximate surface area is 166 Å². The SMILES string of the molecule is COC(C[C@@H]1OC(CC(O)CO)[C@H](OC)C1CS(=O)(=O)c1ccccc1)OC. The summed E-state index contributed by atoms with van der Waals surface area (Å²) >= 11 is 0. The maximum absolute atomic E-state index is 12.9. The number of aliphatic hydroxyl groups is 2. The van der Waals surface area contributed by atoms with Crippen LogP contribution >= 0.6 is 0 Å². The molecule has 1 saturated heterocycles. The number of aliphatic hydroxyl groups excluding tert-OH is 2. The summed E-state index contributed by atoms with van der Waals surface area (Å²) < 4.78 is 48.0. The van der Waals surface area contributed by atoms with Crippen LogP contribution in [0.15, 0.2) is 35.2 Å². The fraction of sp³-hybridized carbons (Fsp3) is 0.684. The van der Waals surface area contributed by atoms with Crippen LogP contribution in [-0.2, 0) is 28.8 Å². The van der Waals surface area contributed by atoms with E-state index in [1.807, 2.05) is 0 Å². The van der Waals surface area contributed by atoms with E-state index in [9.17, 15) is 13.5 Å². The Morgan fingerprint density at radius 3 is 2.25 bits per heavy atom. The van der Waals surface area contributed by atoms with Crippen molar-refractivity contribution in [2.45, 2.75) is 48.4 Å². The summed E-state index contributed by atoms with van der Waals surface area (Å²) in [6.07, 6.45) is -2.71. The van der Waals surface area contributed by atoms with Crippen molar-refractivity contribution in [2.24, 2.45) is 5.92 Å². The van der Waals surface area contributed by atoms with Crippen molar-refractivity contribution in [3.05, 3.63) is 30.3 Å². The second-order valence-corrected chi connectivity index (χ2v) is 8.91. The van der Waals surface area contributed by atoms with Gasteiger partial charge in [-0.05, 0) is 12.1 Å². The van der Waals surface area contributed by atoms with E-state index < -0.39 is 53.1 Å². The Hall–Kier alpha value is -1.07. The first-order chi connectivity index (χ1) is 13.4. The fourth-order valence-corrected chi connectivity index (χ4v) is 5.31. The van der Waals surface area contributed by atoms with Gasteiger partial charge in [0, 0.05) is 40.1 Å². The Kier molecular flexibility index (Phi) is 8.81. The third-order valence-electron chi connectivity index (χ3n) is 5.07. The molecule has 28 heavy (non-hydrogen) atoms. The normalized spacial score (nSPS) is 26.6. The monoisotopic (exact) mass is 418 g/mol. The number of methoxy groups -OCH3 is 3. The van der Waals surface area contributed by atoms with Crippen LogP contribution in [-0.4, -0.2) is 83.0 Å². The molecule has 2 rings (SSSR count). The summed E-state index contributed by atoms with van der Waals surface area (Å²) in [4.78, 5) is 0.234. The Morgan fingerprint density at radius 2 is 1.71 bits per heavy atom. The quantitative estimate of drug-likeness (QED) is 0.503. The highest BCUT2D eigenvalue weighted by Gasteiger charge is 2.47. The van der Waals surface area contributed by atoms with Gasteiger partial charge in [0.1, 0.15) is 0 Å². The van der Waals surface area contributed by atoms with Crippen molar-refractivity contribution in [3.8, 4) is 0 Å². The van der Waals surface area contributed by atoms with E-state index >= 15 is 0 Å². The van der Waals surface area contributed by atoms with Crippen molar-refractivity contribution in [1.82, 2.24) is 0 Å². The van der Waals surface area contributed by atoms with E-state index in [-0.39, 0.29) is 17.1 Å². The Balaban J connectivity index is 2.28. The van der Waals surface area contributed by atoms with Gasteiger partial charge >= 0.3 is 0 Å². The number of hydrogen-bond donors (Lipinski definition) is 2. The molecule has 2 N–H and O–H groups in total. The Bertz CT molecular complexity index is 676. The first-order valence-electron chi connectivity index (χ1n) is 9.16. The van der Waals surface area contributed by atoms with Crippen LogP contribution in [0.25, 0.3) is 0 Å². The zero-order valence-electron chi connectivity index (χ0n) is 16.4. The van der Waals surface area contributed by atoms with E-state index in [4.69, 9.17) is 24.1 Å². The molecule has 0 spiro atoms. The van der Waals surface area contributed by atoms with Gasteiger partial charge in [-0.2, -0.15) is 0 Å². The first-order valence-corrected chi connectivity index (χ1v) is 10.8. The van der Waals surface area contributed by atoms with Crippen LogP contribution < -0.4 is 0 Å². The highest BCUT2D eigenvalue weighted by atomic mass is 32.2. The van der Waals surface area contributed by atoms with Crippen LogP contribution in [0.4, 0.5) is 0 Å². The number of sulfone groups is 1. The molecule has 1 heterocycles. The molecular formula is C19H30O8S. The zero-order valence-corrected chi connectivity index (χ0v) is 17.2. The molecule has 0 radical (unpaired) electrons. The van der Waals surface area contributed by atoms with E-state index in [1.54, 1.807) is 30.3 Å². The summed E-state index contributed by atoms with van der Waals surface area (Å²) in [6.45, 7) is -0.410. The van der Waals surface area contributed by atoms with Gasteiger partial charge in [0.05, 0.1) is 41.7 Å². The molecule has 160 valence electrons. The summed E-state index contributed by atoms with van der Waals surface area (Å²) in [5.41, 5.74) is 0. The smallest absolute Gasteiger partial charge is 0.178 e. The van der Waals surface area contributed by atoms with Gasteiger partial charge in [-0.1, -0.05) is 18.2 Å². The molecule has 1 fully saturated rings. The number of ether oxygens (including phenoxy) is 4. The molecule has 1 aliphatic rings. The summed E-state index contributed by atoms with van der Waals surface area (Å²) in [5.74, 6) is -0.662. The molecule has 0 amide bonds. The molecule has 5 atom stereocenters. The van der Waals surface area contributed by atoms with Crippen LogP contribution in [0, 0.1) is 5.92 Å². The van der Waals surface area contributed by atoms with Gasteiger partial charge in [-0.3, -0.25) is 0 Å². The van der Waals surface area contributed by atoms with Gasteiger partial charge < -0.3 is 29.2 Å². The van der Waals surface area contributed by atoms with Crippen molar-refractivity contribution >= 4 is 9.84 Å². The van der Waals surface area contributed by atoms with Gasteiger partial charge in [-0.25, -0.2) is 8.42 Å². The maximum atomic E-state index is 12.9. The molecule has 3 unspecified atom stereocenters. The second-order valence-electron chi connectivity index (χ2n) is 6.88. The lowest BCUT2D eigenvalue weighted by molar-refractivity contribution is -0.132. The Morgan fingerprint density at radius 1 is 1.07 bits per heavy atom. The molecule has 8 nitrogen and oxygen atoms in total. The topological polar surface area (TPSA) is 112 Å². The molecular weight excluding hydrogens is 388 g/mol. The van der Waals surface area contributed by atoms with E-state index in [0.717, 1.165) is 0 Å². The summed E-state index contributed by atoms with van der Waals surface area (Å²) in [5, 5.41) is 19.0. The zero-order chi connectivity index (χ0) is 20.7. The summed E-state index contributed by atoms with van der Waals surface area (Å²) in [7, 11) is 0.907. The lowest BCUT2D eigenvalue weighted by Crippen LogP contribution is -2.37. The molecule has 0 aromatic heterocycles. The fourth-order valence-electron chi connectivity index (χ4n) is 3.64. The predicted molar refractivity (Wildman–Crippen MR) is 102 cm³/mol. The summed E-state index contributed by atoms with van der Waals surface area (Å²) in [6, 6.07) is 8.22. The van der Waals surface area contributed by atoms with Crippen LogP contribution in [0.5, 0.6) is 0 Å². The standard InChI is InChI=1S/C19H30O8S/c1-24-18(25-2)10-16-15(12-28(22,23)14-7-5-4-6-8-14)19(26-3)17(27-16)9-13(21)11-20/h4-8,13,15-21H,9-12H2,1-3H3/t13?,15?,16-,17?,19+/m0/s1. The molecule has 1 aromatic carbocycles. The predicted octanol–water partition coefficient (Wildman–Crippen LogP) is 0.611. The van der Waals surface area contributed by atoms with Crippen molar-refractivity contribution in [2.75, 3.05) is 33.7 Å². The van der Waals surface area contributed by atoms with Gasteiger partial charge in [0.2, 0.25) is 0 Å². The van der Waals surface area contributed by atoms with Crippen LogP contribution in [0.2, 0.25) is 0 Å². The molecule has 1 aliphatic heterocycles. The number of benzene rings is 1. The first kappa shape index (κ1) is 23.2. The molecule has 1 aromatic rings. The van der Waals surface area contributed by atoms with Crippen LogP contribution in [0.1, 0.15) is 12.8 Å². The number of hydrogen-bond acceptors (Lipinski definition) is 8. The highest BCUT2D eigenvalue weighted by molar-refractivity contribution is 7.91. The van der Waals surface area contributed by atoms with E-state index in [0.29, 0.717) is 6.42 Å². The largest absolute Gasteiger partial charge is 0.394 e. The third-order valence-corrected chi connectivity index (χ3v) is 6.88. The van der Waals surface area contributed by atoms with Crippen molar-refractivity contribution in [3.63, 3.8) is 0 Å². The third kappa shape index (κ3) is 5.73. The average molecular weight is 419 g/mol. The average Bonchev–Trinajstić information content (AvgIpc) is 3.01. The van der Waals surface area contributed by atoms with Crippen LogP contribution in [0.3, 0.4) is 0 Å². The molecule has 0 aliphatic carbocycles. The molecule has 0 saturated carbocycles. The van der Waals surface area contributed by atoms with E-state index in [2.05, 4.69) is 0 Å². The van der Waals surface area contributed by atoms with Gasteiger partial charge in [0.25, 0.3) is 0 Å². The minimum Gasteiger partial charge on any atom is -0.394 e. The van der Waals surface area contributed by atoms with Gasteiger partial charge in [0.15, 0.2) is 16.1 Å². The van der Waals surface area contributed by atoms with Crippen molar-refractivity contribution < 1.29 is 37.6 Å².